The molecule has 0 aromatic carbocycles. The summed E-state index contributed by atoms with van der Waals surface area (Å²) in [5.74, 6) is 0.914. The zero-order valence-corrected chi connectivity index (χ0v) is 12.9. The van der Waals surface area contributed by atoms with Gasteiger partial charge in [-0.25, -0.2) is 0 Å². The number of likely N-dealkylation sites (N-methyl/N-ethyl adjacent to an activating group) is 1. The van der Waals surface area contributed by atoms with Crippen molar-refractivity contribution in [2.75, 3.05) is 13.1 Å². The molecule has 0 atom stereocenters. The van der Waals surface area contributed by atoms with Gasteiger partial charge in [-0.15, -0.1) is 0 Å². The van der Waals surface area contributed by atoms with Crippen molar-refractivity contribution in [2.24, 2.45) is 5.92 Å². The van der Waals surface area contributed by atoms with Gasteiger partial charge >= 0.3 is 0 Å². The second kappa shape index (κ2) is 9.37. The van der Waals surface area contributed by atoms with E-state index in [1.54, 1.807) is 0 Å². The lowest BCUT2D eigenvalue weighted by Gasteiger charge is -2.24. The highest BCUT2D eigenvalue weighted by molar-refractivity contribution is 5.85. The SMILES string of the molecule is CCNC(C)(C)C(=O)NCCCCCCC(C)C. The van der Waals surface area contributed by atoms with Gasteiger partial charge in [0, 0.05) is 6.54 Å². The molecule has 0 saturated heterocycles. The number of hydrogen-bond donors (Lipinski definition) is 2. The first-order valence-corrected chi connectivity index (χ1v) is 7.43. The second-order valence-electron chi connectivity index (χ2n) is 6.01. The van der Waals surface area contributed by atoms with Gasteiger partial charge in [0.2, 0.25) is 5.91 Å². The number of unbranched alkanes of at least 4 members (excludes halogenated alkanes) is 3. The molecule has 0 radical (unpaired) electrons. The second-order valence-corrected chi connectivity index (χ2v) is 6.01. The molecule has 0 aliphatic rings. The molecular formula is C15H32N2O. The van der Waals surface area contributed by atoms with Crippen LogP contribution in [0.5, 0.6) is 0 Å². The van der Waals surface area contributed by atoms with Crippen LogP contribution in [0.2, 0.25) is 0 Å². The van der Waals surface area contributed by atoms with E-state index in [1.807, 2.05) is 20.8 Å². The maximum atomic E-state index is 11.9. The van der Waals surface area contributed by atoms with Crippen molar-refractivity contribution in [1.82, 2.24) is 10.6 Å². The van der Waals surface area contributed by atoms with Crippen LogP contribution in [0.3, 0.4) is 0 Å². The predicted molar refractivity (Wildman–Crippen MR) is 78.7 cm³/mol. The summed E-state index contributed by atoms with van der Waals surface area (Å²) >= 11 is 0. The molecule has 18 heavy (non-hydrogen) atoms. The van der Waals surface area contributed by atoms with Crippen LogP contribution in [0.25, 0.3) is 0 Å². The van der Waals surface area contributed by atoms with Crippen molar-refractivity contribution >= 4 is 5.91 Å². The van der Waals surface area contributed by atoms with Crippen LogP contribution in [0, 0.1) is 5.92 Å². The van der Waals surface area contributed by atoms with E-state index < -0.39 is 5.54 Å². The van der Waals surface area contributed by atoms with Crippen molar-refractivity contribution in [3.63, 3.8) is 0 Å². The van der Waals surface area contributed by atoms with Crippen LogP contribution in [0.4, 0.5) is 0 Å². The third-order valence-corrected chi connectivity index (χ3v) is 3.18. The average Bonchev–Trinajstić information content (AvgIpc) is 2.26. The summed E-state index contributed by atoms with van der Waals surface area (Å²) in [5, 5.41) is 6.19. The fourth-order valence-corrected chi connectivity index (χ4v) is 1.98. The van der Waals surface area contributed by atoms with E-state index in [0.717, 1.165) is 25.4 Å². The topological polar surface area (TPSA) is 41.1 Å². The third-order valence-electron chi connectivity index (χ3n) is 3.18. The van der Waals surface area contributed by atoms with Gasteiger partial charge in [-0.1, -0.05) is 46.5 Å². The average molecular weight is 256 g/mol. The number of hydrogen-bond acceptors (Lipinski definition) is 2. The molecule has 3 heteroatoms. The number of carbonyl (C=O) groups excluding carboxylic acids is 1. The minimum atomic E-state index is -0.452. The van der Waals surface area contributed by atoms with Gasteiger partial charge in [-0.3, -0.25) is 4.79 Å². The van der Waals surface area contributed by atoms with Gasteiger partial charge in [0.25, 0.3) is 0 Å². The minimum Gasteiger partial charge on any atom is -0.355 e. The Labute approximate surface area is 113 Å². The van der Waals surface area contributed by atoms with Crippen molar-refractivity contribution in [3.05, 3.63) is 0 Å². The maximum absolute atomic E-state index is 11.9. The molecule has 0 heterocycles. The summed E-state index contributed by atoms with van der Waals surface area (Å²) < 4.78 is 0. The van der Waals surface area contributed by atoms with Crippen LogP contribution >= 0.6 is 0 Å². The lowest BCUT2D eigenvalue weighted by molar-refractivity contribution is -0.126. The first-order valence-electron chi connectivity index (χ1n) is 7.43. The zero-order valence-electron chi connectivity index (χ0n) is 12.9. The summed E-state index contributed by atoms with van der Waals surface area (Å²) in [6, 6.07) is 0. The molecule has 3 nitrogen and oxygen atoms in total. The molecule has 0 aromatic rings. The van der Waals surface area contributed by atoms with Crippen molar-refractivity contribution in [1.29, 1.82) is 0 Å². The number of rotatable bonds is 10. The predicted octanol–water partition coefficient (Wildman–Crippen LogP) is 3.10. The summed E-state index contributed by atoms with van der Waals surface area (Å²) in [4.78, 5) is 11.9. The summed E-state index contributed by atoms with van der Waals surface area (Å²) in [5.41, 5.74) is -0.452. The highest BCUT2D eigenvalue weighted by Gasteiger charge is 2.25. The summed E-state index contributed by atoms with van der Waals surface area (Å²) in [6.45, 7) is 12.0. The fraction of sp³-hybridized carbons (Fsp3) is 0.933. The van der Waals surface area contributed by atoms with Gasteiger partial charge in [0.05, 0.1) is 5.54 Å². The van der Waals surface area contributed by atoms with E-state index in [-0.39, 0.29) is 5.91 Å². The fourth-order valence-electron chi connectivity index (χ4n) is 1.98. The largest absolute Gasteiger partial charge is 0.355 e. The Kier molecular flexibility index (Phi) is 9.08. The normalized spacial score (nSPS) is 11.9. The van der Waals surface area contributed by atoms with E-state index in [2.05, 4.69) is 24.5 Å². The standard InChI is InChI=1S/C15H32N2O/c1-6-17-15(4,5)14(18)16-12-10-8-7-9-11-13(2)3/h13,17H,6-12H2,1-5H3,(H,16,18). The van der Waals surface area contributed by atoms with Gasteiger partial charge in [-0.2, -0.15) is 0 Å². The quantitative estimate of drug-likeness (QED) is 0.590. The van der Waals surface area contributed by atoms with Crippen molar-refractivity contribution in [2.45, 2.75) is 72.3 Å². The van der Waals surface area contributed by atoms with Gasteiger partial charge in [0.1, 0.15) is 0 Å². The Morgan fingerprint density at radius 2 is 1.72 bits per heavy atom. The lowest BCUT2D eigenvalue weighted by atomic mass is 10.0. The monoisotopic (exact) mass is 256 g/mol. The van der Waals surface area contributed by atoms with E-state index in [1.165, 1.54) is 25.7 Å². The van der Waals surface area contributed by atoms with E-state index in [0.29, 0.717) is 0 Å². The minimum absolute atomic E-state index is 0.103. The third kappa shape index (κ3) is 8.51. The zero-order chi connectivity index (χ0) is 14.0. The Bertz CT molecular complexity index is 225. The van der Waals surface area contributed by atoms with E-state index >= 15 is 0 Å². The Hall–Kier alpha value is -0.570. The Morgan fingerprint density at radius 3 is 2.28 bits per heavy atom. The highest BCUT2D eigenvalue weighted by atomic mass is 16.2. The number of carbonyl (C=O) groups is 1. The molecule has 0 fully saturated rings. The lowest BCUT2D eigenvalue weighted by Crippen LogP contribution is -2.52. The highest BCUT2D eigenvalue weighted by Crippen LogP contribution is 2.09. The molecule has 0 spiro atoms. The maximum Gasteiger partial charge on any atom is 0.239 e. The molecule has 0 aliphatic heterocycles. The van der Waals surface area contributed by atoms with Crippen molar-refractivity contribution in [3.8, 4) is 0 Å². The van der Waals surface area contributed by atoms with Gasteiger partial charge in [-0.05, 0) is 32.7 Å². The van der Waals surface area contributed by atoms with Crippen LogP contribution in [-0.2, 0) is 4.79 Å². The molecule has 0 aliphatic carbocycles. The molecule has 108 valence electrons. The molecule has 0 rings (SSSR count). The molecular weight excluding hydrogens is 224 g/mol. The molecule has 0 bridgehead atoms. The number of nitrogens with one attached hydrogen (secondary N) is 2. The first-order chi connectivity index (χ1) is 8.40. The summed E-state index contributed by atoms with van der Waals surface area (Å²) in [6.07, 6.45) is 6.22. The Morgan fingerprint density at radius 1 is 1.11 bits per heavy atom. The van der Waals surface area contributed by atoms with Gasteiger partial charge in [0.15, 0.2) is 0 Å². The molecule has 2 N–H and O–H groups in total. The molecule has 1 amide bonds. The molecule has 0 aromatic heterocycles. The smallest absolute Gasteiger partial charge is 0.239 e. The van der Waals surface area contributed by atoms with Crippen LogP contribution < -0.4 is 10.6 Å². The van der Waals surface area contributed by atoms with Crippen LogP contribution in [0.1, 0.15) is 66.7 Å². The van der Waals surface area contributed by atoms with Crippen LogP contribution in [-0.4, -0.2) is 24.5 Å². The Balaban J connectivity index is 3.52. The molecule has 0 saturated carbocycles. The van der Waals surface area contributed by atoms with E-state index in [9.17, 15) is 4.79 Å². The van der Waals surface area contributed by atoms with Gasteiger partial charge < -0.3 is 10.6 Å². The van der Waals surface area contributed by atoms with Crippen LogP contribution in [0.15, 0.2) is 0 Å². The number of amides is 1. The van der Waals surface area contributed by atoms with E-state index in [4.69, 9.17) is 0 Å². The molecule has 0 unspecified atom stereocenters. The van der Waals surface area contributed by atoms with Crippen molar-refractivity contribution < 1.29 is 4.79 Å². The first kappa shape index (κ1) is 17.4. The summed E-state index contributed by atoms with van der Waals surface area (Å²) in [7, 11) is 0.